The molecule has 1 unspecified atom stereocenters. The number of methoxy groups -OCH3 is 1. The van der Waals surface area contributed by atoms with E-state index in [0.29, 0.717) is 6.42 Å². The Morgan fingerprint density at radius 1 is 1.11 bits per heavy atom. The third kappa shape index (κ3) is 5.30. The van der Waals surface area contributed by atoms with Crippen molar-refractivity contribution in [2.24, 2.45) is 5.92 Å². The topological polar surface area (TPSA) is 92.8 Å². The Balaban J connectivity index is 2.13. The number of likely N-dealkylation sites (N-methyl/N-ethyl adjacent to an activating group) is 1. The summed E-state index contributed by atoms with van der Waals surface area (Å²) >= 11 is 0. The largest absolute Gasteiger partial charge is 0.467 e. The summed E-state index contributed by atoms with van der Waals surface area (Å²) in [6.45, 7) is 3.43. The second-order valence-electron chi connectivity index (χ2n) is 7.04. The zero-order valence-electron chi connectivity index (χ0n) is 16.5. The van der Waals surface area contributed by atoms with Gasteiger partial charge >= 0.3 is 5.97 Å². The highest BCUT2D eigenvalue weighted by atomic mass is 32.2. The number of ether oxygens (including phenoxy) is 1. The van der Waals surface area contributed by atoms with E-state index in [4.69, 9.17) is 4.74 Å². The Bertz CT molecular complexity index is 956. The Kier molecular flexibility index (Phi) is 7.15. The van der Waals surface area contributed by atoms with Crippen LogP contribution in [-0.4, -0.2) is 51.3 Å². The lowest BCUT2D eigenvalue weighted by molar-refractivity contribution is -0.145. The summed E-state index contributed by atoms with van der Waals surface area (Å²) in [5.41, 5.74) is 0. The van der Waals surface area contributed by atoms with Crippen molar-refractivity contribution in [2.75, 3.05) is 20.7 Å². The predicted octanol–water partition coefficient (Wildman–Crippen LogP) is 2.16. The van der Waals surface area contributed by atoms with Gasteiger partial charge in [0.1, 0.15) is 6.04 Å². The molecule has 0 spiro atoms. The van der Waals surface area contributed by atoms with E-state index in [9.17, 15) is 18.0 Å². The number of fused-ring (bicyclic) bond motifs is 1. The summed E-state index contributed by atoms with van der Waals surface area (Å²) in [5, 5.41) is 4.29. The molecular formula is C20H26N2O5S. The minimum absolute atomic E-state index is 0.105. The molecule has 0 aliphatic heterocycles. The summed E-state index contributed by atoms with van der Waals surface area (Å²) in [5.74, 6) is -0.964. The Morgan fingerprint density at radius 2 is 1.75 bits per heavy atom. The highest BCUT2D eigenvalue weighted by Crippen LogP contribution is 2.21. The first-order chi connectivity index (χ1) is 13.1. The number of rotatable bonds is 8. The summed E-state index contributed by atoms with van der Waals surface area (Å²) in [4.78, 5) is 24.3. The molecule has 1 amide bonds. The maximum absolute atomic E-state index is 12.8. The number of nitrogens with zero attached hydrogens (tertiary/aromatic N) is 1. The Hall–Kier alpha value is -2.45. The van der Waals surface area contributed by atoms with Crippen molar-refractivity contribution in [1.29, 1.82) is 0 Å². The van der Waals surface area contributed by atoms with E-state index in [1.165, 1.54) is 20.2 Å². The molecule has 0 saturated heterocycles. The van der Waals surface area contributed by atoms with Crippen LogP contribution in [0.3, 0.4) is 0 Å². The summed E-state index contributed by atoms with van der Waals surface area (Å²) in [6.07, 6.45) is 0.402. The monoisotopic (exact) mass is 406 g/mol. The van der Waals surface area contributed by atoms with E-state index in [0.717, 1.165) is 15.1 Å². The molecule has 8 heteroatoms. The average molecular weight is 407 g/mol. The first-order valence-electron chi connectivity index (χ1n) is 8.97. The van der Waals surface area contributed by atoms with Crippen LogP contribution in [0.5, 0.6) is 0 Å². The zero-order valence-corrected chi connectivity index (χ0v) is 17.3. The Morgan fingerprint density at radius 3 is 2.36 bits per heavy atom. The number of hydrogen-bond donors (Lipinski definition) is 1. The van der Waals surface area contributed by atoms with Gasteiger partial charge in [-0.25, -0.2) is 13.2 Å². The molecule has 0 aliphatic rings. The van der Waals surface area contributed by atoms with Crippen molar-refractivity contribution in [3.05, 3.63) is 42.5 Å². The highest BCUT2D eigenvalue weighted by molar-refractivity contribution is 7.89. The molecule has 0 heterocycles. The van der Waals surface area contributed by atoms with Crippen LogP contribution in [0.25, 0.3) is 10.8 Å². The van der Waals surface area contributed by atoms with Crippen molar-refractivity contribution in [1.82, 2.24) is 9.62 Å². The van der Waals surface area contributed by atoms with E-state index in [2.05, 4.69) is 5.32 Å². The first kappa shape index (κ1) is 21.8. The van der Waals surface area contributed by atoms with Gasteiger partial charge in [0.25, 0.3) is 0 Å². The van der Waals surface area contributed by atoms with Gasteiger partial charge in [0.2, 0.25) is 15.9 Å². The second kappa shape index (κ2) is 9.16. The molecule has 1 atom stereocenters. The molecule has 2 aromatic rings. The number of nitrogens with one attached hydrogen (secondary N) is 1. The van der Waals surface area contributed by atoms with Crippen LogP contribution in [0, 0.1) is 5.92 Å². The number of carbonyl (C=O) groups excluding carboxylic acids is 2. The molecule has 7 nitrogen and oxygen atoms in total. The van der Waals surface area contributed by atoms with Crippen molar-refractivity contribution < 1.29 is 22.7 Å². The van der Waals surface area contributed by atoms with Crippen LogP contribution >= 0.6 is 0 Å². The third-order valence-corrected chi connectivity index (χ3v) is 6.12. The van der Waals surface area contributed by atoms with Crippen molar-refractivity contribution >= 4 is 32.7 Å². The smallest absolute Gasteiger partial charge is 0.328 e. The fourth-order valence-corrected chi connectivity index (χ4v) is 4.03. The maximum Gasteiger partial charge on any atom is 0.328 e. The number of amides is 1. The van der Waals surface area contributed by atoms with Gasteiger partial charge in [-0.15, -0.1) is 0 Å². The van der Waals surface area contributed by atoms with Crippen molar-refractivity contribution in [2.45, 2.75) is 31.2 Å². The lowest BCUT2D eigenvalue weighted by Gasteiger charge is -2.21. The van der Waals surface area contributed by atoms with Gasteiger partial charge in [-0.05, 0) is 35.2 Å². The van der Waals surface area contributed by atoms with Gasteiger partial charge in [-0.2, -0.15) is 4.31 Å². The quantitative estimate of drug-likeness (QED) is 0.678. The van der Waals surface area contributed by atoms with E-state index in [1.54, 1.807) is 12.1 Å². The maximum atomic E-state index is 12.8. The van der Waals surface area contributed by atoms with Crippen molar-refractivity contribution in [3.8, 4) is 0 Å². The molecule has 0 aliphatic carbocycles. The normalized spacial score (nSPS) is 12.9. The van der Waals surface area contributed by atoms with Gasteiger partial charge in [0, 0.05) is 7.05 Å². The molecule has 0 radical (unpaired) electrons. The van der Waals surface area contributed by atoms with Gasteiger partial charge < -0.3 is 10.1 Å². The molecule has 152 valence electrons. The van der Waals surface area contributed by atoms with Crippen LogP contribution in [-0.2, 0) is 24.3 Å². The predicted molar refractivity (Wildman–Crippen MR) is 107 cm³/mol. The third-order valence-electron chi connectivity index (χ3n) is 4.32. The zero-order chi connectivity index (χ0) is 20.9. The molecular weight excluding hydrogens is 380 g/mol. The molecule has 2 aromatic carbocycles. The second-order valence-corrected chi connectivity index (χ2v) is 9.09. The van der Waals surface area contributed by atoms with Crippen molar-refractivity contribution in [3.63, 3.8) is 0 Å². The van der Waals surface area contributed by atoms with E-state index < -0.39 is 34.5 Å². The standard InChI is InChI=1S/C20H26N2O5S/c1-14(2)11-18(20(24)27-4)21-19(23)13-22(3)28(25,26)17-10-9-15-7-5-6-8-16(15)12-17/h5-10,12,14,18H,11,13H2,1-4H3,(H,21,23). The minimum atomic E-state index is -3.85. The van der Waals surface area contributed by atoms with E-state index in [1.807, 2.05) is 38.1 Å². The number of carbonyl (C=O) groups is 2. The fourth-order valence-electron chi connectivity index (χ4n) is 2.86. The van der Waals surface area contributed by atoms with Gasteiger partial charge in [0.15, 0.2) is 0 Å². The van der Waals surface area contributed by atoms with Gasteiger partial charge in [0.05, 0.1) is 18.6 Å². The minimum Gasteiger partial charge on any atom is -0.467 e. The Labute approximate surface area is 165 Å². The molecule has 0 bridgehead atoms. The van der Waals surface area contributed by atoms with Crippen LogP contribution < -0.4 is 5.32 Å². The molecule has 1 N–H and O–H groups in total. The van der Waals surface area contributed by atoms with Crippen LogP contribution in [0.4, 0.5) is 0 Å². The SMILES string of the molecule is COC(=O)C(CC(C)C)NC(=O)CN(C)S(=O)(=O)c1ccc2ccccc2c1. The van der Waals surface area contributed by atoms with Gasteiger partial charge in [-0.1, -0.05) is 44.2 Å². The lowest BCUT2D eigenvalue weighted by Crippen LogP contribution is -2.46. The molecule has 2 rings (SSSR count). The van der Waals surface area contributed by atoms with Crippen LogP contribution in [0.15, 0.2) is 47.4 Å². The number of benzene rings is 2. The summed E-state index contributed by atoms with van der Waals surface area (Å²) in [6, 6.07) is 11.4. The van der Waals surface area contributed by atoms with Crippen LogP contribution in [0.2, 0.25) is 0 Å². The highest BCUT2D eigenvalue weighted by Gasteiger charge is 2.27. The van der Waals surface area contributed by atoms with Gasteiger partial charge in [-0.3, -0.25) is 4.79 Å². The fraction of sp³-hybridized carbons (Fsp3) is 0.400. The average Bonchev–Trinajstić information content (AvgIpc) is 2.65. The number of esters is 1. The summed E-state index contributed by atoms with van der Waals surface area (Å²) in [7, 11) is -1.27. The lowest BCUT2D eigenvalue weighted by atomic mass is 10.0. The first-order valence-corrected chi connectivity index (χ1v) is 10.4. The number of hydrogen-bond acceptors (Lipinski definition) is 5. The molecule has 0 saturated carbocycles. The van der Waals surface area contributed by atoms with Crippen LogP contribution in [0.1, 0.15) is 20.3 Å². The van der Waals surface area contributed by atoms with E-state index >= 15 is 0 Å². The molecule has 28 heavy (non-hydrogen) atoms. The summed E-state index contributed by atoms with van der Waals surface area (Å²) < 4.78 is 31.3. The molecule has 0 aromatic heterocycles. The molecule has 0 fully saturated rings. The van der Waals surface area contributed by atoms with E-state index in [-0.39, 0.29) is 10.8 Å². The number of sulfonamides is 1.